The van der Waals surface area contributed by atoms with Gasteiger partial charge in [0.2, 0.25) is 5.91 Å². The molecule has 1 aliphatic rings. The topological polar surface area (TPSA) is 92.7 Å². The zero-order valence-electron chi connectivity index (χ0n) is 14.2. The Hall–Kier alpha value is -3.22. The average molecular weight is 352 g/mol. The zero-order valence-corrected chi connectivity index (χ0v) is 14.2. The molecule has 134 valence electrons. The van der Waals surface area contributed by atoms with Crippen molar-refractivity contribution in [1.82, 2.24) is 15.7 Å². The summed E-state index contributed by atoms with van der Waals surface area (Å²) in [7, 11) is 0. The van der Waals surface area contributed by atoms with Crippen LogP contribution < -0.4 is 15.5 Å². The first-order chi connectivity index (χ1) is 12.7. The Labute approximate surface area is 151 Å². The summed E-state index contributed by atoms with van der Waals surface area (Å²) >= 11 is 0. The van der Waals surface area contributed by atoms with Crippen molar-refractivity contribution in [1.29, 1.82) is 0 Å². The molecule has 0 bridgehead atoms. The van der Waals surface area contributed by atoms with Crippen LogP contribution in [-0.4, -0.2) is 36.2 Å². The first kappa shape index (κ1) is 17.6. The Balaban J connectivity index is 1.39. The number of hydrazone groups is 1. The highest BCUT2D eigenvalue weighted by atomic mass is 16.5. The SMILES string of the molecule is O=C(NCCCOc1ccc(C2CC=NNC2=O)cc1)c1cccnc1. The second-order valence-electron chi connectivity index (χ2n) is 5.84. The smallest absolute Gasteiger partial charge is 0.252 e. The Morgan fingerprint density at radius 1 is 1.27 bits per heavy atom. The van der Waals surface area contributed by atoms with E-state index in [1.54, 1.807) is 24.5 Å². The summed E-state index contributed by atoms with van der Waals surface area (Å²) in [5.41, 5.74) is 3.95. The number of nitrogens with one attached hydrogen (secondary N) is 2. The van der Waals surface area contributed by atoms with Gasteiger partial charge in [0.1, 0.15) is 5.75 Å². The van der Waals surface area contributed by atoms with Gasteiger partial charge in [-0.1, -0.05) is 12.1 Å². The molecule has 2 aromatic rings. The fraction of sp³-hybridized carbons (Fsp3) is 0.263. The first-order valence-corrected chi connectivity index (χ1v) is 8.46. The molecule has 7 heteroatoms. The molecule has 1 aromatic carbocycles. The number of hydrogen-bond acceptors (Lipinski definition) is 5. The molecule has 0 saturated heterocycles. The van der Waals surface area contributed by atoms with Gasteiger partial charge in [-0.3, -0.25) is 14.6 Å². The van der Waals surface area contributed by atoms with Gasteiger partial charge in [0, 0.05) is 31.6 Å². The van der Waals surface area contributed by atoms with E-state index in [1.807, 2.05) is 24.3 Å². The van der Waals surface area contributed by atoms with Crippen molar-refractivity contribution in [3.8, 4) is 5.75 Å². The number of carbonyl (C=O) groups is 2. The lowest BCUT2D eigenvalue weighted by atomic mass is 9.95. The van der Waals surface area contributed by atoms with Crippen molar-refractivity contribution in [3.05, 3.63) is 59.9 Å². The number of nitrogens with zero attached hydrogens (tertiary/aromatic N) is 2. The normalized spacial score (nSPS) is 16.0. The van der Waals surface area contributed by atoms with E-state index in [1.165, 1.54) is 6.20 Å². The van der Waals surface area contributed by atoms with Crippen LogP contribution in [0.25, 0.3) is 0 Å². The molecule has 0 aliphatic carbocycles. The summed E-state index contributed by atoms with van der Waals surface area (Å²) in [6.07, 6.45) is 6.16. The molecule has 0 fully saturated rings. The molecular weight excluding hydrogens is 332 g/mol. The second kappa shape index (κ2) is 8.75. The molecule has 1 aliphatic heterocycles. The minimum Gasteiger partial charge on any atom is -0.494 e. The summed E-state index contributed by atoms with van der Waals surface area (Å²) in [5.74, 6) is 0.295. The van der Waals surface area contributed by atoms with E-state index in [2.05, 4.69) is 20.8 Å². The lowest BCUT2D eigenvalue weighted by molar-refractivity contribution is -0.122. The van der Waals surface area contributed by atoms with Crippen LogP contribution >= 0.6 is 0 Å². The molecule has 1 atom stereocenters. The Bertz CT molecular complexity index is 775. The van der Waals surface area contributed by atoms with Crippen molar-refractivity contribution in [2.75, 3.05) is 13.2 Å². The molecule has 0 radical (unpaired) electrons. The monoisotopic (exact) mass is 352 g/mol. The lowest BCUT2D eigenvalue weighted by Gasteiger charge is -2.17. The first-order valence-electron chi connectivity index (χ1n) is 8.46. The highest BCUT2D eigenvalue weighted by molar-refractivity contribution is 5.93. The minimum absolute atomic E-state index is 0.0921. The Morgan fingerprint density at radius 3 is 2.85 bits per heavy atom. The van der Waals surface area contributed by atoms with Crippen molar-refractivity contribution in [2.45, 2.75) is 18.8 Å². The van der Waals surface area contributed by atoms with Gasteiger partial charge in [0.15, 0.2) is 0 Å². The summed E-state index contributed by atoms with van der Waals surface area (Å²) in [4.78, 5) is 27.6. The van der Waals surface area contributed by atoms with Crippen LogP contribution in [0.15, 0.2) is 53.9 Å². The van der Waals surface area contributed by atoms with Gasteiger partial charge < -0.3 is 10.1 Å². The van der Waals surface area contributed by atoms with Gasteiger partial charge in [-0.2, -0.15) is 5.10 Å². The zero-order chi connectivity index (χ0) is 18.2. The van der Waals surface area contributed by atoms with Crippen LogP contribution in [0.1, 0.15) is 34.7 Å². The van der Waals surface area contributed by atoms with Crippen molar-refractivity contribution >= 4 is 18.0 Å². The maximum Gasteiger partial charge on any atom is 0.252 e. The fourth-order valence-electron chi connectivity index (χ4n) is 2.60. The number of ether oxygens (including phenoxy) is 1. The summed E-state index contributed by atoms with van der Waals surface area (Å²) in [5, 5.41) is 6.58. The average Bonchev–Trinajstić information content (AvgIpc) is 2.69. The number of benzene rings is 1. The summed E-state index contributed by atoms with van der Waals surface area (Å²) < 4.78 is 5.67. The number of carbonyl (C=O) groups excluding carboxylic acids is 2. The third-order valence-electron chi connectivity index (χ3n) is 4.01. The summed E-state index contributed by atoms with van der Waals surface area (Å²) in [6.45, 7) is 1.01. The van der Waals surface area contributed by atoms with Crippen LogP contribution in [0.4, 0.5) is 0 Å². The number of hydrogen-bond donors (Lipinski definition) is 2. The molecule has 7 nitrogen and oxygen atoms in total. The quantitative estimate of drug-likeness (QED) is 0.744. The van der Waals surface area contributed by atoms with Gasteiger partial charge in [0.05, 0.1) is 18.1 Å². The van der Waals surface area contributed by atoms with Crippen LogP contribution in [0.3, 0.4) is 0 Å². The molecule has 0 saturated carbocycles. The molecule has 2 heterocycles. The van der Waals surface area contributed by atoms with E-state index < -0.39 is 0 Å². The standard InChI is InChI=1S/C19H20N4O3/c24-18(15-3-1-9-20-13-15)21-10-2-12-26-16-6-4-14(5-7-16)17-8-11-22-23-19(17)25/h1,3-7,9,11,13,17H,2,8,10,12H2,(H,21,24)(H,23,25). The van der Waals surface area contributed by atoms with E-state index >= 15 is 0 Å². The Morgan fingerprint density at radius 2 is 2.12 bits per heavy atom. The number of aromatic nitrogens is 1. The maximum atomic E-state index is 11.9. The molecular formula is C19H20N4O3. The lowest BCUT2D eigenvalue weighted by Crippen LogP contribution is -2.29. The highest BCUT2D eigenvalue weighted by Gasteiger charge is 2.21. The van der Waals surface area contributed by atoms with Crippen molar-refractivity contribution in [2.24, 2.45) is 5.10 Å². The fourth-order valence-corrected chi connectivity index (χ4v) is 2.60. The maximum absolute atomic E-state index is 11.9. The predicted molar refractivity (Wildman–Crippen MR) is 97.1 cm³/mol. The molecule has 0 spiro atoms. The molecule has 1 unspecified atom stereocenters. The number of amides is 2. The molecule has 26 heavy (non-hydrogen) atoms. The third kappa shape index (κ3) is 4.66. The van der Waals surface area contributed by atoms with Gasteiger partial charge >= 0.3 is 0 Å². The van der Waals surface area contributed by atoms with E-state index in [0.717, 1.165) is 11.3 Å². The van der Waals surface area contributed by atoms with E-state index in [9.17, 15) is 9.59 Å². The van der Waals surface area contributed by atoms with E-state index in [4.69, 9.17) is 4.74 Å². The van der Waals surface area contributed by atoms with Gasteiger partial charge in [-0.25, -0.2) is 5.43 Å². The van der Waals surface area contributed by atoms with Crippen molar-refractivity contribution in [3.63, 3.8) is 0 Å². The highest BCUT2D eigenvalue weighted by Crippen LogP contribution is 2.23. The molecule has 2 N–H and O–H groups in total. The van der Waals surface area contributed by atoms with Crippen LogP contribution in [0.2, 0.25) is 0 Å². The van der Waals surface area contributed by atoms with Crippen molar-refractivity contribution < 1.29 is 14.3 Å². The van der Waals surface area contributed by atoms with E-state index in [-0.39, 0.29) is 17.7 Å². The van der Waals surface area contributed by atoms with Crippen LogP contribution in [0.5, 0.6) is 5.75 Å². The largest absolute Gasteiger partial charge is 0.494 e. The molecule has 1 aromatic heterocycles. The van der Waals surface area contributed by atoms with Gasteiger partial charge in [-0.05, 0) is 36.2 Å². The second-order valence-corrected chi connectivity index (χ2v) is 5.84. The van der Waals surface area contributed by atoms with E-state index in [0.29, 0.717) is 31.6 Å². The van der Waals surface area contributed by atoms with Gasteiger partial charge in [-0.15, -0.1) is 0 Å². The van der Waals surface area contributed by atoms with Gasteiger partial charge in [0.25, 0.3) is 5.91 Å². The number of pyridine rings is 1. The van der Waals surface area contributed by atoms with Crippen LogP contribution in [-0.2, 0) is 4.79 Å². The molecule has 3 rings (SSSR count). The predicted octanol–water partition coefficient (Wildman–Crippen LogP) is 1.87. The molecule has 2 amide bonds. The number of rotatable bonds is 7. The van der Waals surface area contributed by atoms with Crippen LogP contribution in [0, 0.1) is 0 Å². The third-order valence-corrected chi connectivity index (χ3v) is 4.01. The Kier molecular flexibility index (Phi) is 5.92. The minimum atomic E-state index is -0.204. The summed E-state index contributed by atoms with van der Waals surface area (Å²) in [6, 6.07) is 10.9.